The van der Waals surface area contributed by atoms with E-state index in [0.29, 0.717) is 11.8 Å². The predicted octanol–water partition coefficient (Wildman–Crippen LogP) is 13.3. The Hall–Kier alpha value is -5.46. The molecule has 0 N–H and O–H groups in total. The highest BCUT2D eigenvalue weighted by atomic mass is 14.3. The Balaban J connectivity index is 1.32. The minimum atomic E-state index is 0.651. The van der Waals surface area contributed by atoms with Gasteiger partial charge >= 0.3 is 0 Å². The highest BCUT2D eigenvalue weighted by molar-refractivity contribution is 6.27. The second-order valence-corrected chi connectivity index (χ2v) is 14.2. The molecule has 0 amide bonds. The van der Waals surface area contributed by atoms with Crippen molar-refractivity contribution >= 4 is 64.6 Å². The third-order valence-electron chi connectivity index (χ3n) is 11.5. The first-order valence-electron chi connectivity index (χ1n) is 17.5. The SMILES string of the molecule is CC1Cc2c(c(-c3c4ccccc4c(-c4ccc5c6ccccc6c6ccccc6c5c4)c4ccccc34)cc3ccccc23)C[C@@H]1C. The van der Waals surface area contributed by atoms with Crippen molar-refractivity contribution in [3.63, 3.8) is 0 Å². The molecule has 2 atom stereocenters. The van der Waals surface area contributed by atoms with Gasteiger partial charge in [-0.2, -0.15) is 0 Å². The number of fused-ring (bicyclic) bond motifs is 11. The summed E-state index contributed by atoms with van der Waals surface area (Å²) >= 11 is 0. The topological polar surface area (TPSA) is 0 Å². The van der Waals surface area contributed by atoms with Crippen LogP contribution in [0.4, 0.5) is 0 Å². The number of rotatable bonds is 2. The first-order chi connectivity index (χ1) is 23.7. The smallest absolute Gasteiger partial charge is 0.00233 e. The molecular formula is C48H36. The first kappa shape index (κ1) is 27.6. The maximum atomic E-state index is 2.50. The van der Waals surface area contributed by atoms with Gasteiger partial charge in [0.1, 0.15) is 0 Å². The Bertz CT molecular complexity index is 2670. The molecule has 0 aromatic heterocycles. The quantitative estimate of drug-likeness (QED) is 0.135. The van der Waals surface area contributed by atoms with Crippen LogP contribution < -0.4 is 0 Å². The van der Waals surface area contributed by atoms with Crippen molar-refractivity contribution in [2.24, 2.45) is 11.8 Å². The van der Waals surface area contributed by atoms with Gasteiger partial charge in [0.2, 0.25) is 0 Å². The van der Waals surface area contributed by atoms with Crippen molar-refractivity contribution in [2.45, 2.75) is 26.7 Å². The molecule has 228 valence electrons. The van der Waals surface area contributed by atoms with Crippen LogP contribution in [-0.4, -0.2) is 0 Å². The molecule has 1 aliphatic carbocycles. The Morgan fingerprint density at radius 2 is 0.771 bits per heavy atom. The van der Waals surface area contributed by atoms with Crippen LogP contribution in [0.3, 0.4) is 0 Å². The van der Waals surface area contributed by atoms with E-state index in [1.807, 2.05) is 0 Å². The van der Waals surface area contributed by atoms with E-state index in [1.54, 1.807) is 11.1 Å². The lowest BCUT2D eigenvalue weighted by Crippen LogP contribution is -2.21. The van der Waals surface area contributed by atoms with Crippen LogP contribution in [0.2, 0.25) is 0 Å². The summed E-state index contributed by atoms with van der Waals surface area (Å²) in [6.45, 7) is 4.88. The zero-order valence-electron chi connectivity index (χ0n) is 27.4. The van der Waals surface area contributed by atoms with Gasteiger partial charge in [0.05, 0.1) is 0 Å². The third kappa shape index (κ3) is 3.96. The standard InChI is InChI=1S/C48H36/c1-29-25-43-33-14-4-3-13-31(33)27-46(44(43)26-30(29)2)48-41-21-11-9-19-39(41)47(40-20-10-12-22-42(40)48)32-23-24-38-36-17-6-5-15-34(36)35-16-7-8-18-37(35)45(38)28-32/h3-24,27-30H,25-26H2,1-2H3/t29?,30-/m0/s1. The Morgan fingerprint density at radius 1 is 0.354 bits per heavy atom. The van der Waals surface area contributed by atoms with Crippen LogP contribution in [0, 0.1) is 11.8 Å². The fourth-order valence-electron chi connectivity index (χ4n) is 8.99. The highest BCUT2D eigenvalue weighted by Gasteiger charge is 2.28. The van der Waals surface area contributed by atoms with Gasteiger partial charge in [0.15, 0.2) is 0 Å². The fraction of sp³-hybridized carbons (Fsp3) is 0.125. The van der Waals surface area contributed by atoms with Crippen molar-refractivity contribution in [3.8, 4) is 22.3 Å². The van der Waals surface area contributed by atoms with Gasteiger partial charge in [0.25, 0.3) is 0 Å². The molecule has 0 heteroatoms. The zero-order chi connectivity index (χ0) is 31.9. The summed E-state index contributed by atoms with van der Waals surface area (Å²) in [5.74, 6) is 1.32. The molecule has 0 fully saturated rings. The second-order valence-electron chi connectivity index (χ2n) is 14.2. The van der Waals surface area contributed by atoms with E-state index in [2.05, 4.69) is 159 Å². The molecule has 0 aliphatic heterocycles. The van der Waals surface area contributed by atoms with Crippen molar-refractivity contribution in [3.05, 3.63) is 157 Å². The molecule has 1 aliphatic rings. The summed E-state index contributed by atoms with van der Waals surface area (Å²) in [6.07, 6.45) is 2.26. The maximum absolute atomic E-state index is 2.50. The monoisotopic (exact) mass is 612 g/mol. The largest absolute Gasteiger partial charge is 0.0619 e. The van der Waals surface area contributed by atoms with Crippen LogP contribution in [-0.2, 0) is 12.8 Å². The number of benzene rings is 9. The summed E-state index contributed by atoms with van der Waals surface area (Å²) in [5.41, 5.74) is 8.49. The maximum Gasteiger partial charge on any atom is -0.00233 e. The molecule has 0 spiro atoms. The summed E-state index contributed by atoms with van der Waals surface area (Å²) in [7, 11) is 0. The number of hydrogen-bond acceptors (Lipinski definition) is 0. The minimum Gasteiger partial charge on any atom is -0.0619 e. The van der Waals surface area contributed by atoms with Crippen molar-refractivity contribution < 1.29 is 0 Å². The second kappa shape index (κ2) is 10.5. The molecular weight excluding hydrogens is 577 g/mol. The fourth-order valence-corrected chi connectivity index (χ4v) is 8.99. The third-order valence-corrected chi connectivity index (χ3v) is 11.5. The van der Waals surface area contributed by atoms with Gasteiger partial charge in [-0.25, -0.2) is 0 Å². The highest BCUT2D eigenvalue weighted by Crippen LogP contribution is 2.48. The Kier molecular flexibility index (Phi) is 6.06. The summed E-state index contributed by atoms with van der Waals surface area (Å²) in [6, 6.07) is 54.8. The predicted molar refractivity (Wildman–Crippen MR) is 208 cm³/mol. The van der Waals surface area contributed by atoms with E-state index in [9.17, 15) is 0 Å². The molecule has 0 heterocycles. The van der Waals surface area contributed by atoms with Crippen LogP contribution in [0.15, 0.2) is 146 Å². The van der Waals surface area contributed by atoms with Gasteiger partial charge in [-0.1, -0.05) is 147 Å². The summed E-state index contributed by atoms with van der Waals surface area (Å²) < 4.78 is 0. The Morgan fingerprint density at radius 3 is 1.33 bits per heavy atom. The Labute approximate surface area is 281 Å². The van der Waals surface area contributed by atoms with E-state index in [0.717, 1.165) is 12.8 Å². The zero-order valence-corrected chi connectivity index (χ0v) is 27.4. The van der Waals surface area contributed by atoms with Crippen LogP contribution >= 0.6 is 0 Å². The number of hydrogen-bond donors (Lipinski definition) is 0. The van der Waals surface area contributed by atoms with Gasteiger partial charge in [-0.15, -0.1) is 0 Å². The summed E-state index contributed by atoms with van der Waals surface area (Å²) in [5, 5.41) is 15.9. The van der Waals surface area contributed by atoms with Crippen LogP contribution in [0.1, 0.15) is 25.0 Å². The van der Waals surface area contributed by atoms with E-state index in [1.165, 1.54) is 86.9 Å². The summed E-state index contributed by atoms with van der Waals surface area (Å²) in [4.78, 5) is 0. The average molecular weight is 613 g/mol. The lowest BCUT2D eigenvalue weighted by Gasteiger charge is -2.32. The first-order valence-corrected chi connectivity index (χ1v) is 17.5. The molecule has 0 saturated heterocycles. The van der Waals surface area contributed by atoms with Crippen LogP contribution in [0.25, 0.3) is 86.9 Å². The normalized spacial score (nSPS) is 16.4. The van der Waals surface area contributed by atoms with Gasteiger partial charge < -0.3 is 0 Å². The molecule has 0 radical (unpaired) electrons. The molecule has 9 aromatic carbocycles. The lowest BCUT2D eigenvalue weighted by atomic mass is 9.73. The molecule has 0 nitrogen and oxygen atoms in total. The average Bonchev–Trinajstić information content (AvgIpc) is 3.14. The van der Waals surface area contributed by atoms with Crippen molar-refractivity contribution in [1.82, 2.24) is 0 Å². The van der Waals surface area contributed by atoms with Gasteiger partial charge in [-0.05, 0) is 135 Å². The molecule has 48 heavy (non-hydrogen) atoms. The molecule has 1 unspecified atom stereocenters. The lowest BCUT2D eigenvalue weighted by molar-refractivity contribution is 0.363. The van der Waals surface area contributed by atoms with E-state index in [4.69, 9.17) is 0 Å². The van der Waals surface area contributed by atoms with E-state index < -0.39 is 0 Å². The molecule has 0 saturated carbocycles. The van der Waals surface area contributed by atoms with Crippen molar-refractivity contribution in [1.29, 1.82) is 0 Å². The minimum absolute atomic E-state index is 0.651. The molecule has 9 aromatic rings. The van der Waals surface area contributed by atoms with Crippen LogP contribution in [0.5, 0.6) is 0 Å². The van der Waals surface area contributed by atoms with Crippen molar-refractivity contribution in [2.75, 3.05) is 0 Å². The van der Waals surface area contributed by atoms with Gasteiger partial charge in [-0.3, -0.25) is 0 Å². The molecule has 10 rings (SSSR count). The van der Waals surface area contributed by atoms with E-state index >= 15 is 0 Å². The van der Waals surface area contributed by atoms with Gasteiger partial charge in [0, 0.05) is 0 Å². The van der Waals surface area contributed by atoms with E-state index in [-0.39, 0.29) is 0 Å². The molecule has 0 bridgehead atoms.